The molecule has 1 unspecified atom stereocenters. The Labute approximate surface area is 196 Å². The minimum Gasteiger partial charge on any atom is -0.496 e. The molecule has 1 aliphatic heterocycles. The molecule has 0 saturated heterocycles. The number of rotatable bonds is 6. The second-order valence-corrected chi connectivity index (χ2v) is 7.78. The van der Waals surface area contributed by atoms with Crippen molar-refractivity contribution in [1.82, 2.24) is 15.2 Å². The number of anilines is 1. The topological polar surface area (TPSA) is 95.9 Å². The molecule has 0 fully saturated rings. The van der Waals surface area contributed by atoms with E-state index in [4.69, 9.17) is 18.9 Å². The average Bonchev–Trinajstić information content (AvgIpc) is 3.01. The van der Waals surface area contributed by atoms with Gasteiger partial charge in [-0.1, -0.05) is 36.9 Å². The van der Waals surface area contributed by atoms with E-state index in [1.807, 2.05) is 30.5 Å². The van der Waals surface area contributed by atoms with Crippen LogP contribution in [0.5, 0.6) is 23.1 Å². The van der Waals surface area contributed by atoms with Crippen molar-refractivity contribution in [2.75, 3.05) is 32.5 Å². The number of para-hydroxylation sites is 1. The molecule has 0 bridgehead atoms. The number of methoxy groups -OCH3 is 3. The summed E-state index contributed by atoms with van der Waals surface area (Å²) in [6.07, 6.45) is 1.16. The Morgan fingerprint density at radius 1 is 1.09 bits per heavy atom. The van der Waals surface area contributed by atoms with Crippen molar-refractivity contribution in [3.8, 4) is 34.4 Å². The molecule has 0 saturated carbocycles. The van der Waals surface area contributed by atoms with E-state index < -0.39 is 6.23 Å². The number of hydrogen-bond donors (Lipinski definition) is 0. The summed E-state index contributed by atoms with van der Waals surface area (Å²) in [5, 5.41) is 9.01. The first kappa shape index (κ1) is 22.7. The van der Waals surface area contributed by atoms with Crippen molar-refractivity contribution in [2.45, 2.75) is 24.7 Å². The van der Waals surface area contributed by atoms with Gasteiger partial charge in [-0.2, -0.15) is 4.98 Å². The summed E-state index contributed by atoms with van der Waals surface area (Å²) >= 11 is 1.35. The van der Waals surface area contributed by atoms with E-state index in [0.717, 1.165) is 0 Å². The smallest absolute Gasteiger partial charge is 0.247 e. The third-order valence-corrected chi connectivity index (χ3v) is 5.80. The SMILES string of the molecule is CCC(=O)N1c2ccccc2-c2nnc(SC)nc2OC1c1c(OC)cc(OC)cc1OC. The fourth-order valence-corrected chi connectivity index (χ4v) is 4.00. The first-order chi connectivity index (χ1) is 16.1. The van der Waals surface area contributed by atoms with E-state index in [1.54, 1.807) is 31.1 Å². The lowest BCUT2D eigenvalue weighted by molar-refractivity contribution is -0.120. The van der Waals surface area contributed by atoms with E-state index in [9.17, 15) is 4.79 Å². The van der Waals surface area contributed by atoms with Crippen molar-refractivity contribution in [1.29, 1.82) is 0 Å². The van der Waals surface area contributed by atoms with Crippen LogP contribution in [0.15, 0.2) is 41.6 Å². The highest BCUT2D eigenvalue weighted by atomic mass is 32.2. The van der Waals surface area contributed by atoms with Gasteiger partial charge >= 0.3 is 0 Å². The highest BCUT2D eigenvalue weighted by Gasteiger charge is 2.38. The number of carbonyl (C=O) groups is 1. The number of hydrogen-bond acceptors (Lipinski definition) is 9. The van der Waals surface area contributed by atoms with Gasteiger partial charge in [-0.3, -0.25) is 9.69 Å². The molecule has 2 aromatic carbocycles. The fraction of sp³-hybridized carbons (Fsp3) is 0.304. The Morgan fingerprint density at radius 2 is 1.79 bits per heavy atom. The maximum absolute atomic E-state index is 13.3. The van der Waals surface area contributed by atoms with Crippen LogP contribution in [0, 0.1) is 0 Å². The van der Waals surface area contributed by atoms with Crippen LogP contribution in [0.3, 0.4) is 0 Å². The van der Waals surface area contributed by atoms with Crippen LogP contribution in [0.25, 0.3) is 11.3 Å². The standard InChI is InChI=1S/C23H24N4O5S/c1-6-18(28)27-15-10-8-7-9-14(15)20-21(24-23(33-5)26-25-20)32-22(27)19-16(30-3)11-13(29-2)12-17(19)31-4/h7-12,22H,6H2,1-5H3. The van der Waals surface area contributed by atoms with Crippen molar-refractivity contribution >= 4 is 23.4 Å². The molecule has 4 rings (SSSR count). The van der Waals surface area contributed by atoms with Gasteiger partial charge in [0.15, 0.2) is 5.69 Å². The molecule has 172 valence electrons. The van der Waals surface area contributed by atoms with Gasteiger partial charge in [0.2, 0.25) is 23.2 Å². The van der Waals surface area contributed by atoms with E-state index in [1.165, 1.54) is 26.0 Å². The lowest BCUT2D eigenvalue weighted by atomic mass is 10.1. The van der Waals surface area contributed by atoms with Crippen LogP contribution in [-0.2, 0) is 4.79 Å². The predicted octanol–water partition coefficient (Wildman–Crippen LogP) is 4.12. The highest BCUT2D eigenvalue weighted by molar-refractivity contribution is 7.98. The summed E-state index contributed by atoms with van der Waals surface area (Å²) in [5.74, 6) is 1.54. The minimum absolute atomic E-state index is 0.154. The van der Waals surface area contributed by atoms with Gasteiger partial charge in [0.1, 0.15) is 17.2 Å². The van der Waals surface area contributed by atoms with Gasteiger partial charge in [-0.05, 0) is 12.3 Å². The summed E-state index contributed by atoms with van der Waals surface area (Å²) in [7, 11) is 4.64. The number of nitrogens with zero attached hydrogens (tertiary/aromatic N) is 4. The molecule has 1 atom stereocenters. The Hall–Kier alpha value is -3.53. The Kier molecular flexibility index (Phi) is 6.55. The number of carbonyl (C=O) groups excluding carboxylic acids is 1. The van der Waals surface area contributed by atoms with Crippen LogP contribution in [0.1, 0.15) is 25.1 Å². The number of aromatic nitrogens is 3. The van der Waals surface area contributed by atoms with Crippen molar-refractivity contribution in [3.63, 3.8) is 0 Å². The molecule has 10 heteroatoms. The van der Waals surface area contributed by atoms with Crippen LogP contribution in [0.2, 0.25) is 0 Å². The second kappa shape index (κ2) is 9.53. The number of thioether (sulfide) groups is 1. The van der Waals surface area contributed by atoms with Crippen LogP contribution >= 0.6 is 11.8 Å². The fourth-order valence-electron chi connectivity index (χ4n) is 3.70. The Morgan fingerprint density at radius 3 is 2.39 bits per heavy atom. The van der Waals surface area contributed by atoms with Gasteiger partial charge in [0, 0.05) is 24.1 Å². The summed E-state index contributed by atoms with van der Waals surface area (Å²) in [6.45, 7) is 1.80. The Bertz CT molecular complexity index is 1160. The molecule has 0 radical (unpaired) electrons. The van der Waals surface area contributed by atoms with E-state index in [2.05, 4.69) is 15.2 Å². The van der Waals surface area contributed by atoms with E-state index >= 15 is 0 Å². The first-order valence-electron chi connectivity index (χ1n) is 10.2. The lowest BCUT2D eigenvalue weighted by Gasteiger charge is -2.32. The molecule has 9 nitrogen and oxygen atoms in total. The third-order valence-electron chi connectivity index (χ3n) is 5.27. The van der Waals surface area contributed by atoms with Gasteiger partial charge in [0.25, 0.3) is 0 Å². The van der Waals surface area contributed by atoms with E-state index in [-0.39, 0.29) is 18.2 Å². The Balaban J connectivity index is 2.04. The largest absolute Gasteiger partial charge is 0.496 e. The number of benzene rings is 2. The maximum Gasteiger partial charge on any atom is 0.247 e. The van der Waals surface area contributed by atoms with Crippen LogP contribution in [0.4, 0.5) is 5.69 Å². The summed E-state index contributed by atoms with van der Waals surface area (Å²) in [4.78, 5) is 19.5. The molecule has 2 heterocycles. The second-order valence-electron chi connectivity index (χ2n) is 7.00. The molecule has 0 spiro atoms. The zero-order valence-electron chi connectivity index (χ0n) is 19.0. The zero-order chi connectivity index (χ0) is 23.5. The van der Waals surface area contributed by atoms with Gasteiger partial charge in [-0.15, -0.1) is 10.2 Å². The number of ether oxygens (including phenoxy) is 4. The first-order valence-corrected chi connectivity index (χ1v) is 11.4. The zero-order valence-corrected chi connectivity index (χ0v) is 19.8. The quantitative estimate of drug-likeness (QED) is 0.495. The molecular weight excluding hydrogens is 444 g/mol. The van der Waals surface area contributed by atoms with Gasteiger partial charge in [-0.25, -0.2) is 0 Å². The molecule has 33 heavy (non-hydrogen) atoms. The molecular formula is C23H24N4O5S. The molecule has 1 amide bonds. The van der Waals surface area contributed by atoms with Gasteiger partial charge < -0.3 is 18.9 Å². The van der Waals surface area contributed by atoms with Crippen LogP contribution in [-0.4, -0.2) is 48.7 Å². The highest BCUT2D eigenvalue weighted by Crippen LogP contribution is 2.48. The summed E-state index contributed by atoms with van der Waals surface area (Å²) < 4.78 is 23.2. The molecule has 0 aliphatic carbocycles. The van der Waals surface area contributed by atoms with E-state index in [0.29, 0.717) is 44.9 Å². The third kappa shape index (κ3) is 4.02. The van der Waals surface area contributed by atoms with Crippen LogP contribution < -0.4 is 23.8 Å². The number of fused-ring (bicyclic) bond motifs is 3. The monoisotopic (exact) mass is 468 g/mol. The summed E-state index contributed by atoms with van der Waals surface area (Å²) in [6, 6.07) is 10.9. The normalized spacial score (nSPS) is 14.5. The lowest BCUT2D eigenvalue weighted by Crippen LogP contribution is -2.37. The summed E-state index contributed by atoms with van der Waals surface area (Å²) in [5.41, 5.74) is 2.29. The van der Waals surface area contributed by atoms with Crippen molar-refractivity contribution in [2.24, 2.45) is 0 Å². The minimum atomic E-state index is -0.943. The molecule has 0 N–H and O–H groups in total. The van der Waals surface area contributed by atoms with Crippen molar-refractivity contribution < 1.29 is 23.7 Å². The average molecular weight is 469 g/mol. The number of amides is 1. The van der Waals surface area contributed by atoms with Gasteiger partial charge in [0.05, 0.1) is 32.6 Å². The van der Waals surface area contributed by atoms with Crippen molar-refractivity contribution in [3.05, 3.63) is 42.0 Å². The molecule has 1 aromatic heterocycles. The molecule has 1 aliphatic rings. The molecule has 3 aromatic rings. The predicted molar refractivity (Wildman–Crippen MR) is 124 cm³/mol. The maximum atomic E-state index is 13.3.